The van der Waals surface area contributed by atoms with Gasteiger partial charge in [0.15, 0.2) is 11.5 Å². The van der Waals surface area contributed by atoms with Crippen molar-refractivity contribution >= 4 is 35.1 Å². The maximum Gasteiger partial charge on any atom is 0.282 e. The number of amidine groups is 1. The average molecular weight is 417 g/mol. The molecule has 148 valence electrons. The van der Waals surface area contributed by atoms with E-state index < -0.39 is 0 Å². The lowest BCUT2D eigenvalue weighted by molar-refractivity contribution is -0.113. The van der Waals surface area contributed by atoms with Gasteiger partial charge < -0.3 is 9.47 Å². The van der Waals surface area contributed by atoms with E-state index in [1.54, 1.807) is 23.1 Å². The van der Waals surface area contributed by atoms with Crippen LogP contribution in [0.15, 0.2) is 77.4 Å². The number of nitrogens with zero attached hydrogens (tertiary/aromatic N) is 2. The summed E-state index contributed by atoms with van der Waals surface area (Å²) in [6, 6.07) is 20.6. The largest absolute Gasteiger partial charge is 0.454 e. The summed E-state index contributed by atoms with van der Waals surface area (Å²) in [4.78, 5) is 19.7. The van der Waals surface area contributed by atoms with Gasteiger partial charge in [0.1, 0.15) is 11.5 Å². The summed E-state index contributed by atoms with van der Waals surface area (Å²) in [6.07, 6.45) is 1.76. The average Bonchev–Trinajstić information content (AvgIpc) is 3.33. The Morgan fingerprint density at radius 3 is 2.60 bits per heavy atom. The highest BCUT2D eigenvalue weighted by molar-refractivity contribution is 6.34. The predicted molar refractivity (Wildman–Crippen MR) is 117 cm³/mol. The van der Waals surface area contributed by atoms with Gasteiger partial charge in [-0.2, -0.15) is 0 Å². The van der Waals surface area contributed by atoms with E-state index >= 15 is 0 Å². The summed E-state index contributed by atoms with van der Waals surface area (Å²) in [5.74, 6) is 1.73. The second kappa shape index (κ2) is 7.35. The van der Waals surface area contributed by atoms with E-state index in [1.165, 1.54) is 0 Å². The number of aryl methyl sites for hydroxylation is 1. The fourth-order valence-electron chi connectivity index (χ4n) is 3.48. The van der Waals surface area contributed by atoms with Crippen molar-refractivity contribution in [3.8, 4) is 11.5 Å². The van der Waals surface area contributed by atoms with Crippen molar-refractivity contribution in [1.29, 1.82) is 0 Å². The van der Waals surface area contributed by atoms with E-state index in [4.69, 9.17) is 21.1 Å². The third-order valence-corrected chi connectivity index (χ3v) is 5.17. The number of rotatable bonds is 3. The third kappa shape index (κ3) is 3.33. The summed E-state index contributed by atoms with van der Waals surface area (Å²) in [5, 5.41) is 0.627. The first-order valence-electron chi connectivity index (χ1n) is 9.45. The van der Waals surface area contributed by atoms with Crippen LogP contribution in [0.2, 0.25) is 5.02 Å². The topological polar surface area (TPSA) is 51.1 Å². The molecule has 0 radical (unpaired) electrons. The van der Waals surface area contributed by atoms with Gasteiger partial charge in [-0.1, -0.05) is 29.8 Å². The van der Waals surface area contributed by atoms with Gasteiger partial charge in [0.2, 0.25) is 6.79 Å². The molecule has 2 aliphatic rings. The van der Waals surface area contributed by atoms with Crippen LogP contribution in [-0.4, -0.2) is 18.5 Å². The highest BCUT2D eigenvalue weighted by Crippen LogP contribution is 2.34. The lowest BCUT2D eigenvalue weighted by atomic mass is 10.1. The van der Waals surface area contributed by atoms with Crippen LogP contribution >= 0.6 is 11.6 Å². The van der Waals surface area contributed by atoms with E-state index in [-0.39, 0.29) is 12.7 Å². The van der Waals surface area contributed by atoms with Crippen molar-refractivity contribution in [2.45, 2.75) is 6.92 Å². The second-order valence-electron chi connectivity index (χ2n) is 7.06. The minimum absolute atomic E-state index is 0.191. The standard InChI is InChI=1S/C24H17ClN2O3/c1-15-3-2-4-19(11-15)27-23(17-6-8-18(25)9-7-17)26-20(24(27)28)12-16-5-10-21-22(13-16)30-14-29-21/h2-13H,14H2,1H3/b20-12+. The summed E-state index contributed by atoms with van der Waals surface area (Å²) in [7, 11) is 0. The van der Waals surface area contributed by atoms with E-state index in [2.05, 4.69) is 4.99 Å². The number of carbonyl (C=O) groups is 1. The number of carbonyl (C=O) groups excluding carboxylic acids is 1. The Labute approximate surface area is 178 Å². The maximum absolute atomic E-state index is 13.4. The van der Waals surface area contributed by atoms with Crippen LogP contribution in [0, 0.1) is 6.92 Å². The summed E-state index contributed by atoms with van der Waals surface area (Å²) < 4.78 is 10.8. The van der Waals surface area contributed by atoms with Crippen molar-refractivity contribution in [3.05, 3.63) is 94.1 Å². The summed E-state index contributed by atoms with van der Waals surface area (Å²) >= 11 is 6.05. The Morgan fingerprint density at radius 1 is 1.00 bits per heavy atom. The molecule has 3 aromatic carbocycles. The molecule has 30 heavy (non-hydrogen) atoms. The number of benzene rings is 3. The zero-order valence-electron chi connectivity index (χ0n) is 16.1. The Hall–Kier alpha value is -3.57. The van der Waals surface area contributed by atoms with Crippen molar-refractivity contribution in [1.82, 2.24) is 0 Å². The highest BCUT2D eigenvalue weighted by atomic mass is 35.5. The lowest BCUT2D eigenvalue weighted by Gasteiger charge is -2.19. The molecule has 0 atom stereocenters. The van der Waals surface area contributed by atoms with E-state index in [0.717, 1.165) is 22.4 Å². The molecule has 0 spiro atoms. The van der Waals surface area contributed by atoms with Gasteiger partial charge in [0.05, 0.1) is 5.69 Å². The predicted octanol–water partition coefficient (Wildman–Crippen LogP) is 5.21. The van der Waals surface area contributed by atoms with Crippen molar-refractivity contribution in [2.75, 3.05) is 11.7 Å². The van der Waals surface area contributed by atoms with Gasteiger partial charge in [-0.3, -0.25) is 9.69 Å². The monoisotopic (exact) mass is 416 g/mol. The van der Waals surface area contributed by atoms with Gasteiger partial charge in [0, 0.05) is 10.6 Å². The van der Waals surface area contributed by atoms with E-state index in [9.17, 15) is 4.79 Å². The summed E-state index contributed by atoms with van der Waals surface area (Å²) in [5.41, 5.74) is 3.79. The zero-order valence-corrected chi connectivity index (χ0v) is 16.9. The molecule has 0 fully saturated rings. The van der Waals surface area contributed by atoms with Crippen molar-refractivity contribution < 1.29 is 14.3 Å². The minimum Gasteiger partial charge on any atom is -0.454 e. The molecule has 0 aliphatic carbocycles. The first kappa shape index (κ1) is 18.5. The van der Waals surface area contributed by atoms with Gasteiger partial charge >= 0.3 is 0 Å². The normalized spacial score (nSPS) is 16.3. The molecule has 1 amide bonds. The number of ether oxygens (including phenoxy) is 2. The maximum atomic E-state index is 13.4. The van der Waals surface area contributed by atoms with Gasteiger partial charge in [-0.25, -0.2) is 4.99 Å². The van der Waals surface area contributed by atoms with Crippen LogP contribution in [-0.2, 0) is 4.79 Å². The van der Waals surface area contributed by atoms with Crippen LogP contribution in [0.1, 0.15) is 16.7 Å². The molecule has 5 rings (SSSR count). The smallest absolute Gasteiger partial charge is 0.282 e. The van der Waals surface area contributed by atoms with Crippen LogP contribution in [0.5, 0.6) is 11.5 Å². The number of fused-ring (bicyclic) bond motifs is 1. The molecule has 2 heterocycles. The van der Waals surface area contributed by atoms with Gasteiger partial charge in [-0.15, -0.1) is 0 Å². The number of anilines is 1. The number of hydrogen-bond donors (Lipinski definition) is 0. The molecule has 5 nitrogen and oxygen atoms in total. The molecule has 0 saturated heterocycles. The molecule has 6 heteroatoms. The Bertz CT molecular complexity index is 1220. The first-order valence-corrected chi connectivity index (χ1v) is 9.83. The minimum atomic E-state index is -0.191. The molecular weight excluding hydrogens is 400 g/mol. The fourth-order valence-corrected chi connectivity index (χ4v) is 3.60. The molecule has 2 aliphatic heterocycles. The van der Waals surface area contributed by atoms with E-state index in [1.807, 2.05) is 61.5 Å². The molecule has 0 N–H and O–H groups in total. The number of aliphatic imine (C=N–C) groups is 1. The first-order chi connectivity index (χ1) is 14.6. The quantitative estimate of drug-likeness (QED) is 0.550. The molecule has 0 aromatic heterocycles. The highest BCUT2D eigenvalue weighted by Gasteiger charge is 2.32. The fraction of sp³-hybridized carbons (Fsp3) is 0.0833. The second-order valence-corrected chi connectivity index (χ2v) is 7.50. The van der Waals surface area contributed by atoms with Crippen LogP contribution < -0.4 is 14.4 Å². The SMILES string of the molecule is Cc1cccc(N2C(=O)/C(=C\c3ccc4c(c3)OCO4)N=C2c2ccc(Cl)cc2)c1. The number of hydrogen-bond acceptors (Lipinski definition) is 4. The third-order valence-electron chi connectivity index (χ3n) is 4.92. The molecule has 0 bridgehead atoms. The van der Waals surface area contributed by atoms with Crippen LogP contribution in [0.25, 0.3) is 6.08 Å². The van der Waals surface area contributed by atoms with Crippen molar-refractivity contribution in [2.24, 2.45) is 4.99 Å². The molecule has 0 unspecified atom stereocenters. The number of amides is 1. The molecule has 0 saturated carbocycles. The lowest BCUT2D eigenvalue weighted by Crippen LogP contribution is -2.32. The molecular formula is C24H17ClN2O3. The van der Waals surface area contributed by atoms with Crippen LogP contribution in [0.4, 0.5) is 5.69 Å². The number of halogens is 1. The zero-order chi connectivity index (χ0) is 20.7. The van der Waals surface area contributed by atoms with Gasteiger partial charge in [0.25, 0.3) is 5.91 Å². The molecule has 3 aromatic rings. The Balaban J connectivity index is 1.60. The van der Waals surface area contributed by atoms with E-state index in [0.29, 0.717) is 28.1 Å². The van der Waals surface area contributed by atoms with Crippen molar-refractivity contribution in [3.63, 3.8) is 0 Å². The Morgan fingerprint density at radius 2 is 1.80 bits per heavy atom. The summed E-state index contributed by atoms with van der Waals surface area (Å²) in [6.45, 7) is 2.20. The van der Waals surface area contributed by atoms with Crippen LogP contribution in [0.3, 0.4) is 0 Å². The van der Waals surface area contributed by atoms with Gasteiger partial charge in [-0.05, 0) is 72.7 Å². The Kier molecular flexibility index (Phi) is 4.52.